The van der Waals surface area contributed by atoms with Crippen molar-refractivity contribution in [1.82, 2.24) is 10.3 Å². The summed E-state index contributed by atoms with van der Waals surface area (Å²) in [5.74, 6) is 3.09. The van der Waals surface area contributed by atoms with Gasteiger partial charge in [0.15, 0.2) is 0 Å². The molecule has 3 nitrogen and oxygen atoms in total. The third-order valence-corrected chi connectivity index (χ3v) is 3.34. The molecule has 0 unspecified atom stereocenters. The molecule has 0 aliphatic carbocycles. The topological polar surface area (TPSA) is 34.2 Å². The lowest BCUT2D eigenvalue weighted by molar-refractivity contribution is 0.336. The summed E-state index contributed by atoms with van der Waals surface area (Å²) in [4.78, 5) is 4.55. The molecule has 0 amide bonds. The van der Waals surface area contributed by atoms with E-state index < -0.39 is 0 Å². The summed E-state index contributed by atoms with van der Waals surface area (Å²) in [6, 6.07) is 4.04. The van der Waals surface area contributed by atoms with Crippen molar-refractivity contribution in [2.75, 3.05) is 24.7 Å². The fourth-order valence-electron chi connectivity index (χ4n) is 1.59. The molecule has 18 heavy (non-hydrogen) atoms. The Hall–Kier alpha value is -0.740. The number of nitrogens with one attached hydrogen (secondary N) is 1. The summed E-state index contributed by atoms with van der Waals surface area (Å²) in [5.41, 5.74) is 2.06. The lowest BCUT2D eigenvalue weighted by atomic mass is 10.2. The summed E-state index contributed by atoms with van der Waals surface area (Å²) in [5, 5.41) is 3.37. The number of hydrogen-bond donors (Lipinski definition) is 1. The molecular weight excluding hydrogens is 244 g/mol. The zero-order chi connectivity index (χ0) is 13.2. The molecule has 0 radical (unpaired) electrons. The second-order valence-corrected chi connectivity index (χ2v) is 5.51. The maximum atomic E-state index is 5.80. The minimum Gasteiger partial charge on any atom is -0.491 e. The fraction of sp³-hybridized carbons (Fsp3) is 0.643. The first-order valence-corrected chi connectivity index (χ1v) is 7.81. The Labute approximate surface area is 115 Å². The van der Waals surface area contributed by atoms with Gasteiger partial charge in [0.05, 0.1) is 12.3 Å². The Balaban J connectivity index is 2.52. The third-order valence-electron chi connectivity index (χ3n) is 2.48. The molecule has 1 aromatic heterocycles. The molecule has 0 aliphatic heterocycles. The maximum Gasteiger partial charge on any atom is 0.142 e. The van der Waals surface area contributed by atoms with Crippen molar-refractivity contribution in [2.24, 2.45) is 0 Å². The Morgan fingerprint density at radius 1 is 1.33 bits per heavy atom. The van der Waals surface area contributed by atoms with Gasteiger partial charge in [-0.2, -0.15) is 11.8 Å². The first kappa shape index (κ1) is 15.3. The SMILES string of the molecule is CCCNCc1nc(C)ccc1OCCSCC. The number of rotatable bonds is 9. The van der Waals surface area contributed by atoms with Gasteiger partial charge in [-0.1, -0.05) is 13.8 Å². The second-order valence-electron chi connectivity index (χ2n) is 4.12. The molecule has 0 saturated heterocycles. The molecular formula is C14H24N2OS. The van der Waals surface area contributed by atoms with Crippen molar-refractivity contribution in [3.05, 3.63) is 23.5 Å². The van der Waals surface area contributed by atoms with Crippen LogP contribution in [0.1, 0.15) is 31.7 Å². The van der Waals surface area contributed by atoms with Crippen molar-refractivity contribution in [3.63, 3.8) is 0 Å². The van der Waals surface area contributed by atoms with Crippen LogP contribution in [0.3, 0.4) is 0 Å². The summed E-state index contributed by atoms with van der Waals surface area (Å²) < 4.78 is 5.80. The van der Waals surface area contributed by atoms with Gasteiger partial charge in [0.25, 0.3) is 0 Å². The average molecular weight is 268 g/mol. The van der Waals surface area contributed by atoms with E-state index in [9.17, 15) is 0 Å². The number of thioether (sulfide) groups is 1. The Kier molecular flexibility index (Phi) is 7.85. The molecule has 0 fully saturated rings. The Morgan fingerprint density at radius 3 is 2.89 bits per heavy atom. The van der Waals surface area contributed by atoms with Crippen LogP contribution in [0.15, 0.2) is 12.1 Å². The van der Waals surface area contributed by atoms with Crippen LogP contribution in [0.2, 0.25) is 0 Å². The van der Waals surface area contributed by atoms with Gasteiger partial charge in [-0.3, -0.25) is 4.98 Å². The van der Waals surface area contributed by atoms with Crippen molar-refractivity contribution >= 4 is 11.8 Å². The van der Waals surface area contributed by atoms with E-state index in [-0.39, 0.29) is 0 Å². The van der Waals surface area contributed by atoms with E-state index in [1.807, 2.05) is 30.8 Å². The zero-order valence-electron chi connectivity index (χ0n) is 11.7. The van der Waals surface area contributed by atoms with Crippen LogP contribution in [0.25, 0.3) is 0 Å². The minimum absolute atomic E-state index is 0.754. The molecule has 0 saturated carbocycles. The smallest absolute Gasteiger partial charge is 0.142 e. The van der Waals surface area contributed by atoms with Crippen LogP contribution >= 0.6 is 11.8 Å². The zero-order valence-corrected chi connectivity index (χ0v) is 12.5. The number of hydrogen-bond acceptors (Lipinski definition) is 4. The molecule has 0 spiro atoms. The highest BCUT2D eigenvalue weighted by Crippen LogP contribution is 2.17. The molecule has 1 heterocycles. The standard InChI is InChI=1S/C14H24N2OS/c1-4-8-15-11-13-14(7-6-12(3)16-13)17-9-10-18-5-2/h6-7,15H,4-5,8-11H2,1-3H3. The van der Waals surface area contributed by atoms with Crippen molar-refractivity contribution in [2.45, 2.75) is 33.7 Å². The van der Waals surface area contributed by atoms with Gasteiger partial charge in [0.2, 0.25) is 0 Å². The largest absolute Gasteiger partial charge is 0.491 e. The fourth-order valence-corrected chi connectivity index (χ4v) is 2.08. The van der Waals surface area contributed by atoms with Gasteiger partial charge in [-0.15, -0.1) is 0 Å². The van der Waals surface area contributed by atoms with Crippen molar-refractivity contribution < 1.29 is 4.74 Å². The van der Waals surface area contributed by atoms with E-state index in [0.717, 1.165) is 54.8 Å². The van der Waals surface area contributed by atoms with Gasteiger partial charge < -0.3 is 10.1 Å². The molecule has 0 aromatic carbocycles. The van der Waals surface area contributed by atoms with E-state index in [0.29, 0.717) is 0 Å². The van der Waals surface area contributed by atoms with Crippen LogP contribution in [0, 0.1) is 6.92 Å². The normalized spacial score (nSPS) is 10.6. The van der Waals surface area contributed by atoms with Crippen molar-refractivity contribution in [3.8, 4) is 5.75 Å². The Morgan fingerprint density at radius 2 is 2.17 bits per heavy atom. The number of aromatic nitrogens is 1. The first-order chi connectivity index (χ1) is 8.77. The van der Waals surface area contributed by atoms with E-state index in [2.05, 4.69) is 24.1 Å². The van der Waals surface area contributed by atoms with E-state index in [4.69, 9.17) is 4.74 Å². The molecule has 1 N–H and O–H groups in total. The van der Waals surface area contributed by atoms with E-state index >= 15 is 0 Å². The highest BCUT2D eigenvalue weighted by molar-refractivity contribution is 7.99. The molecule has 4 heteroatoms. The summed E-state index contributed by atoms with van der Waals surface area (Å²) in [6.45, 7) is 8.89. The molecule has 1 aromatic rings. The highest BCUT2D eigenvalue weighted by atomic mass is 32.2. The number of nitrogens with zero attached hydrogens (tertiary/aromatic N) is 1. The predicted octanol–water partition coefficient (Wildman–Crippen LogP) is 3.02. The van der Waals surface area contributed by atoms with E-state index in [1.165, 1.54) is 0 Å². The van der Waals surface area contributed by atoms with Crippen molar-refractivity contribution in [1.29, 1.82) is 0 Å². The predicted molar refractivity (Wildman–Crippen MR) is 79.5 cm³/mol. The lowest BCUT2D eigenvalue weighted by Gasteiger charge is -2.11. The van der Waals surface area contributed by atoms with Gasteiger partial charge >= 0.3 is 0 Å². The second kappa shape index (κ2) is 9.22. The molecule has 0 atom stereocenters. The monoisotopic (exact) mass is 268 g/mol. The highest BCUT2D eigenvalue weighted by Gasteiger charge is 2.05. The summed E-state index contributed by atoms with van der Waals surface area (Å²) in [7, 11) is 0. The number of aryl methyl sites for hydroxylation is 1. The van der Waals surface area contributed by atoms with Crippen LogP contribution in [-0.4, -0.2) is 29.6 Å². The molecule has 0 bridgehead atoms. The maximum absolute atomic E-state index is 5.80. The molecule has 1 rings (SSSR count). The van der Waals surface area contributed by atoms with Crippen LogP contribution in [0.5, 0.6) is 5.75 Å². The average Bonchev–Trinajstić information content (AvgIpc) is 2.37. The van der Waals surface area contributed by atoms with E-state index in [1.54, 1.807) is 0 Å². The van der Waals surface area contributed by atoms with Gasteiger partial charge in [-0.05, 0) is 37.8 Å². The summed E-state index contributed by atoms with van der Waals surface area (Å²) in [6.07, 6.45) is 1.13. The third kappa shape index (κ3) is 5.74. The van der Waals surface area contributed by atoms with Gasteiger partial charge in [0, 0.05) is 18.0 Å². The molecule has 102 valence electrons. The minimum atomic E-state index is 0.754. The first-order valence-electron chi connectivity index (χ1n) is 6.65. The summed E-state index contributed by atoms with van der Waals surface area (Å²) >= 11 is 1.90. The number of pyridine rings is 1. The number of ether oxygens (including phenoxy) is 1. The lowest BCUT2D eigenvalue weighted by Crippen LogP contribution is -2.16. The molecule has 0 aliphatic rings. The van der Waals surface area contributed by atoms with Crippen LogP contribution in [-0.2, 0) is 6.54 Å². The van der Waals surface area contributed by atoms with Crippen LogP contribution < -0.4 is 10.1 Å². The van der Waals surface area contributed by atoms with Gasteiger partial charge in [-0.25, -0.2) is 0 Å². The van der Waals surface area contributed by atoms with Gasteiger partial charge in [0.1, 0.15) is 5.75 Å². The van der Waals surface area contributed by atoms with Crippen LogP contribution in [0.4, 0.5) is 0 Å². The Bertz CT molecular complexity index is 345. The quantitative estimate of drug-likeness (QED) is 0.698.